The number of hydroxylamine groups is 2. The first-order valence-corrected chi connectivity index (χ1v) is 7.20. The lowest BCUT2D eigenvalue weighted by Gasteiger charge is -2.34. The normalized spacial score (nSPS) is 23.3. The molecule has 3 rings (SSSR count). The van der Waals surface area contributed by atoms with Crippen LogP contribution in [0.15, 0.2) is 23.0 Å². The first-order chi connectivity index (χ1) is 10.2. The molecule has 1 aromatic heterocycles. The van der Waals surface area contributed by atoms with Crippen molar-refractivity contribution in [3.05, 3.63) is 24.2 Å². The average Bonchev–Trinajstić information content (AvgIpc) is 3.15. The molecule has 0 bridgehead atoms. The third-order valence-electron chi connectivity index (χ3n) is 3.81. The van der Waals surface area contributed by atoms with Crippen LogP contribution in [0.1, 0.15) is 18.4 Å². The quantitative estimate of drug-likeness (QED) is 0.854. The number of hydrogen-bond acceptors (Lipinski definition) is 5. The Morgan fingerprint density at radius 1 is 1.43 bits per heavy atom. The molecule has 7 nitrogen and oxygen atoms in total. The van der Waals surface area contributed by atoms with Gasteiger partial charge in [0.05, 0.1) is 38.1 Å². The molecule has 3 heterocycles. The highest BCUT2D eigenvalue weighted by molar-refractivity contribution is 5.88. The van der Waals surface area contributed by atoms with E-state index in [0.29, 0.717) is 26.2 Å². The van der Waals surface area contributed by atoms with Crippen LogP contribution in [0, 0.1) is 0 Å². The van der Waals surface area contributed by atoms with E-state index in [9.17, 15) is 9.59 Å². The lowest BCUT2D eigenvalue weighted by Crippen LogP contribution is -2.56. The topological polar surface area (TPSA) is 75.0 Å². The number of nitrogens with zero attached hydrogens (tertiary/aromatic N) is 2. The number of hydrogen-bond donors (Lipinski definition) is 1. The second-order valence-corrected chi connectivity index (χ2v) is 5.30. The minimum Gasteiger partial charge on any atom is -0.472 e. The molecule has 114 valence electrons. The maximum Gasteiger partial charge on any atom is 0.248 e. The molecule has 1 aromatic rings. The fourth-order valence-corrected chi connectivity index (χ4v) is 2.70. The highest BCUT2D eigenvalue weighted by atomic mass is 16.7. The Hall–Kier alpha value is -1.86. The van der Waals surface area contributed by atoms with Crippen molar-refractivity contribution in [2.24, 2.45) is 0 Å². The molecule has 2 amide bonds. The lowest BCUT2D eigenvalue weighted by atomic mass is 10.1. The second kappa shape index (κ2) is 6.28. The molecule has 7 heteroatoms. The molecule has 0 saturated carbocycles. The van der Waals surface area contributed by atoms with Crippen molar-refractivity contribution in [2.75, 3.05) is 26.2 Å². The van der Waals surface area contributed by atoms with E-state index < -0.39 is 6.04 Å². The Bertz CT molecular complexity index is 496. The fourth-order valence-electron chi connectivity index (χ4n) is 2.70. The molecular formula is C14H19N3O4. The lowest BCUT2D eigenvalue weighted by molar-refractivity contribution is -0.171. The van der Waals surface area contributed by atoms with E-state index >= 15 is 0 Å². The van der Waals surface area contributed by atoms with Gasteiger partial charge in [-0.25, -0.2) is 5.06 Å². The average molecular weight is 293 g/mol. The van der Waals surface area contributed by atoms with Crippen LogP contribution in [-0.4, -0.2) is 54.1 Å². The molecule has 0 radical (unpaired) electrons. The predicted molar refractivity (Wildman–Crippen MR) is 72.8 cm³/mol. The number of rotatable bonds is 4. The van der Waals surface area contributed by atoms with Gasteiger partial charge >= 0.3 is 0 Å². The van der Waals surface area contributed by atoms with Gasteiger partial charge in [0.2, 0.25) is 11.8 Å². The van der Waals surface area contributed by atoms with E-state index in [4.69, 9.17) is 9.25 Å². The molecule has 2 saturated heterocycles. The van der Waals surface area contributed by atoms with Crippen LogP contribution >= 0.6 is 0 Å². The summed E-state index contributed by atoms with van der Waals surface area (Å²) < 4.78 is 5.06. The molecule has 2 aliphatic heterocycles. The third kappa shape index (κ3) is 3.25. The molecular weight excluding hydrogens is 274 g/mol. The third-order valence-corrected chi connectivity index (χ3v) is 3.81. The number of amides is 2. The predicted octanol–water partition coefficient (Wildman–Crippen LogP) is 0.134. The summed E-state index contributed by atoms with van der Waals surface area (Å²) in [6.07, 6.45) is 4.26. The van der Waals surface area contributed by atoms with Crippen LogP contribution in [-0.2, 0) is 21.0 Å². The first kappa shape index (κ1) is 14.1. The first-order valence-electron chi connectivity index (χ1n) is 7.20. The van der Waals surface area contributed by atoms with Crippen LogP contribution in [0.5, 0.6) is 0 Å². The summed E-state index contributed by atoms with van der Waals surface area (Å²) in [7, 11) is 0. The molecule has 1 N–H and O–H groups in total. The summed E-state index contributed by atoms with van der Waals surface area (Å²) in [5, 5.41) is 4.19. The van der Waals surface area contributed by atoms with Gasteiger partial charge in [-0.1, -0.05) is 0 Å². The van der Waals surface area contributed by atoms with Gasteiger partial charge in [0.15, 0.2) is 0 Å². The van der Waals surface area contributed by atoms with Crippen LogP contribution in [0.4, 0.5) is 0 Å². The zero-order valence-electron chi connectivity index (χ0n) is 11.8. The minimum atomic E-state index is -0.453. The zero-order valence-corrected chi connectivity index (χ0v) is 11.8. The smallest absolute Gasteiger partial charge is 0.248 e. The van der Waals surface area contributed by atoms with Gasteiger partial charge in [0.1, 0.15) is 0 Å². The maximum absolute atomic E-state index is 12.2. The Balaban J connectivity index is 1.65. The summed E-state index contributed by atoms with van der Waals surface area (Å²) in [6.45, 7) is 3.09. The minimum absolute atomic E-state index is 0.0997. The number of carbonyl (C=O) groups is 2. The fraction of sp³-hybridized carbons (Fsp3) is 0.571. The van der Waals surface area contributed by atoms with E-state index in [1.165, 1.54) is 5.06 Å². The summed E-state index contributed by atoms with van der Waals surface area (Å²) in [4.78, 5) is 31.5. The van der Waals surface area contributed by atoms with Crippen molar-refractivity contribution in [2.45, 2.75) is 25.4 Å². The maximum atomic E-state index is 12.2. The van der Waals surface area contributed by atoms with Gasteiger partial charge < -0.3 is 9.73 Å². The Morgan fingerprint density at radius 2 is 2.33 bits per heavy atom. The summed E-state index contributed by atoms with van der Waals surface area (Å²) in [6, 6.07) is 1.42. The van der Waals surface area contributed by atoms with Crippen molar-refractivity contribution in [1.82, 2.24) is 15.3 Å². The number of piperazine rings is 1. The largest absolute Gasteiger partial charge is 0.472 e. The molecule has 1 atom stereocenters. The van der Waals surface area contributed by atoms with Crippen molar-refractivity contribution >= 4 is 11.8 Å². The Kier molecular flexibility index (Phi) is 4.21. The monoisotopic (exact) mass is 293 g/mol. The van der Waals surface area contributed by atoms with Crippen molar-refractivity contribution in [3.8, 4) is 0 Å². The van der Waals surface area contributed by atoms with E-state index in [-0.39, 0.29) is 18.2 Å². The highest BCUT2D eigenvalue weighted by Gasteiger charge is 2.33. The van der Waals surface area contributed by atoms with Crippen LogP contribution in [0.3, 0.4) is 0 Å². The van der Waals surface area contributed by atoms with Crippen molar-refractivity contribution < 1.29 is 18.8 Å². The van der Waals surface area contributed by atoms with Gasteiger partial charge in [-0.3, -0.25) is 19.3 Å². The van der Waals surface area contributed by atoms with Crippen LogP contribution in [0.25, 0.3) is 0 Å². The highest BCUT2D eigenvalue weighted by Crippen LogP contribution is 2.16. The number of furan rings is 1. The van der Waals surface area contributed by atoms with E-state index in [1.807, 2.05) is 11.0 Å². The van der Waals surface area contributed by atoms with Gasteiger partial charge in [0, 0.05) is 25.2 Å². The SMILES string of the molecule is O=C1NCCN(Cc2ccoc2)[C@H]1CC(=O)N1CCCO1. The molecule has 0 unspecified atom stereocenters. The van der Waals surface area contributed by atoms with Gasteiger partial charge in [-0.2, -0.15) is 0 Å². The summed E-state index contributed by atoms with van der Waals surface area (Å²) in [5.74, 6) is -0.232. The van der Waals surface area contributed by atoms with Gasteiger partial charge in [-0.05, 0) is 12.5 Å². The van der Waals surface area contributed by atoms with E-state index in [0.717, 1.165) is 18.5 Å². The van der Waals surface area contributed by atoms with Gasteiger partial charge in [0.25, 0.3) is 0 Å². The molecule has 0 spiro atoms. The zero-order chi connectivity index (χ0) is 14.7. The molecule has 2 fully saturated rings. The summed E-state index contributed by atoms with van der Waals surface area (Å²) in [5.41, 5.74) is 1.000. The summed E-state index contributed by atoms with van der Waals surface area (Å²) >= 11 is 0. The van der Waals surface area contributed by atoms with E-state index in [2.05, 4.69) is 5.32 Å². The molecule has 0 aliphatic carbocycles. The Morgan fingerprint density at radius 3 is 3.05 bits per heavy atom. The standard InChI is InChI=1S/C14H19N3O4/c18-13(17-4-1-6-21-17)8-12-14(19)15-3-5-16(12)9-11-2-7-20-10-11/h2,7,10,12H,1,3-6,8-9H2,(H,15,19)/t12-/m0/s1. The van der Waals surface area contributed by atoms with Crippen LogP contribution in [0.2, 0.25) is 0 Å². The molecule has 0 aromatic carbocycles. The molecule has 21 heavy (non-hydrogen) atoms. The second-order valence-electron chi connectivity index (χ2n) is 5.30. The number of carbonyl (C=O) groups excluding carboxylic acids is 2. The Labute approximate surface area is 122 Å². The van der Waals surface area contributed by atoms with Crippen molar-refractivity contribution in [3.63, 3.8) is 0 Å². The van der Waals surface area contributed by atoms with Gasteiger partial charge in [-0.15, -0.1) is 0 Å². The van der Waals surface area contributed by atoms with E-state index in [1.54, 1.807) is 12.5 Å². The van der Waals surface area contributed by atoms with Crippen molar-refractivity contribution in [1.29, 1.82) is 0 Å². The molecule has 2 aliphatic rings. The number of nitrogens with one attached hydrogen (secondary N) is 1. The van der Waals surface area contributed by atoms with Crippen LogP contribution < -0.4 is 5.32 Å².